The highest BCUT2D eigenvalue weighted by molar-refractivity contribution is 7.17. The molecule has 0 saturated heterocycles. The number of thiazole rings is 1. The second kappa shape index (κ2) is 7.59. The average molecular weight is 299 g/mol. The van der Waals surface area contributed by atoms with Crippen LogP contribution in [0.1, 0.15) is 46.3 Å². The fourth-order valence-electron chi connectivity index (χ4n) is 1.49. The highest BCUT2D eigenvalue weighted by atomic mass is 32.1. The van der Waals surface area contributed by atoms with Gasteiger partial charge in [0.05, 0.1) is 7.11 Å². The Morgan fingerprint density at radius 2 is 2.05 bits per heavy atom. The van der Waals surface area contributed by atoms with E-state index in [2.05, 4.69) is 15.0 Å². The molecule has 0 spiro atoms. The predicted molar refractivity (Wildman–Crippen MR) is 75.0 cm³/mol. The average Bonchev–Trinajstić information content (AvgIpc) is 2.81. The number of rotatable bonds is 8. The lowest BCUT2D eigenvalue weighted by atomic mass is 10.2. The Balaban J connectivity index is 2.61. The minimum absolute atomic E-state index is 0.0321. The maximum Gasteiger partial charge on any atom is 0.358 e. The third kappa shape index (κ3) is 4.61. The van der Waals surface area contributed by atoms with Crippen molar-refractivity contribution in [3.05, 3.63) is 10.6 Å². The largest absolute Gasteiger partial charge is 0.464 e. The maximum atomic E-state index is 11.5. The Hall–Kier alpha value is -1.96. The SMILES string of the molecule is COC(=O)c1nc(NCCCCC(N)=O)sc1C(C)=O. The Morgan fingerprint density at radius 1 is 1.35 bits per heavy atom. The number of methoxy groups -OCH3 is 1. The van der Waals surface area contributed by atoms with Gasteiger partial charge in [0.25, 0.3) is 0 Å². The smallest absolute Gasteiger partial charge is 0.358 e. The Bertz CT molecular complexity index is 513. The van der Waals surface area contributed by atoms with Crippen LogP contribution in [0, 0.1) is 0 Å². The minimum atomic E-state index is -0.631. The summed E-state index contributed by atoms with van der Waals surface area (Å²) < 4.78 is 4.58. The lowest BCUT2D eigenvalue weighted by molar-refractivity contribution is -0.118. The number of carbonyl (C=O) groups excluding carboxylic acids is 3. The molecule has 3 N–H and O–H groups in total. The molecule has 7 nitrogen and oxygen atoms in total. The highest BCUT2D eigenvalue weighted by Gasteiger charge is 2.21. The van der Waals surface area contributed by atoms with Crippen molar-refractivity contribution < 1.29 is 19.1 Å². The predicted octanol–water partition coefficient (Wildman–Crippen LogP) is 1.20. The van der Waals surface area contributed by atoms with Crippen LogP contribution in [0.3, 0.4) is 0 Å². The van der Waals surface area contributed by atoms with Crippen molar-refractivity contribution in [2.24, 2.45) is 5.73 Å². The van der Waals surface area contributed by atoms with Gasteiger partial charge in [-0.3, -0.25) is 9.59 Å². The van der Waals surface area contributed by atoms with Crippen molar-refractivity contribution >= 4 is 34.1 Å². The Labute approximate surface area is 120 Å². The van der Waals surface area contributed by atoms with Crippen LogP contribution in [0.4, 0.5) is 5.13 Å². The molecular weight excluding hydrogens is 282 g/mol. The number of hydrogen-bond donors (Lipinski definition) is 2. The number of nitrogens with zero attached hydrogens (tertiary/aromatic N) is 1. The van der Waals surface area contributed by atoms with Gasteiger partial charge in [-0.1, -0.05) is 11.3 Å². The van der Waals surface area contributed by atoms with E-state index in [1.165, 1.54) is 14.0 Å². The monoisotopic (exact) mass is 299 g/mol. The molecule has 0 aliphatic heterocycles. The lowest BCUT2D eigenvalue weighted by Gasteiger charge is -2.00. The Morgan fingerprint density at radius 3 is 2.60 bits per heavy atom. The van der Waals surface area contributed by atoms with Crippen molar-refractivity contribution in [1.82, 2.24) is 4.98 Å². The van der Waals surface area contributed by atoms with Crippen molar-refractivity contribution in [1.29, 1.82) is 0 Å². The molecule has 0 aromatic carbocycles. The molecule has 0 fully saturated rings. The van der Waals surface area contributed by atoms with Gasteiger partial charge in [0.15, 0.2) is 16.6 Å². The van der Waals surface area contributed by atoms with Crippen LogP contribution in [0.25, 0.3) is 0 Å². The van der Waals surface area contributed by atoms with Gasteiger partial charge >= 0.3 is 5.97 Å². The van der Waals surface area contributed by atoms with Gasteiger partial charge in [0, 0.05) is 19.9 Å². The lowest BCUT2D eigenvalue weighted by Crippen LogP contribution is -2.11. The number of esters is 1. The molecule has 0 radical (unpaired) electrons. The van der Waals surface area contributed by atoms with E-state index in [1.807, 2.05) is 0 Å². The van der Waals surface area contributed by atoms with E-state index >= 15 is 0 Å². The van der Waals surface area contributed by atoms with Crippen molar-refractivity contribution in [3.8, 4) is 0 Å². The second-order valence-corrected chi connectivity index (χ2v) is 5.09. The number of primary amides is 1. The summed E-state index contributed by atoms with van der Waals surface area (Å²) in [5.74, 6) is -1.19. The van der Waals surface area contributed by atoms with Gasteiger partial charge in [0.1, 0.15) is 4.88 Å². The molecule has 0 bridgehead atoms. The molecule has 1 aromatic heterocycles. The zero-order valence-electron chi connectivity index (χ0n) is 11.4. The van der Waals surface area contributed by atoms with Gasteiger partial charge in [0.2, 0.25) is 5.91 Å². The van der Waals surface area contributed by atoms with Crippen LogP contribution >= 0.6 is 11.3 Å². The van der Waals surface area contributed by atoms with E-state index in [9.17, 15) is 14.4 Å². The fraction of sp³-hybridized carbons (Fsp3) is 0.500. The van der Waals surface area contributed by atoms with Gasteiger partial charge in [-0.25, -0.2) is 9.78 Å². The molecule has 20 heavy (non-hydrogen) atoms. The van der Waals surface area contributed by atoms with Gasteiger partial charge in [-0.05, 0) is 12.8 Å². The van der Waals surface area contributed by atoms with E-state index in [1.54, 1.807) is 0 Å². The first kappa shape index (κ1) is 16.1. The number of nitrogens with one attached hydrogen (secondary N) is 1. The molecule has 1 rings (SSSR count). The van der Waals surface area contributed by atoms with Gasteiger partial charge in [-0.2, -0.15) is 0 Å². The van der Waals surface area contributed by atoms with Crippen LogP contribution in [-0.4, -0.2) is 36.3 Å². The third-order valence-electron chi connectivity index (χ3n) is 2.45. The molecule has 0 saturated carbocycles. The summed E-state index contributed by atoms with van der Waals surface area (Å²) in [5.41, 5.74) is 5.06. The van der Waals surface area contributed by atoms with Crippen molar-refractivity contribution in [2.45, 2.75) is 26.2 Å². The van der Waals surface area contributed by atoms with Crippen LogP contribution in [0.5, 0.6) is 0 Å². The first-order valence-electron chi connectivity index (χ1n) is 6.08. The van der Waals surface area contributed by atoms with Crippen LogP contribution in [0.15, 0.2) is 0 Å². The quantitative estimate of drug-likeness (QED) is 0.424. The fourth-order valence-corrected chi connectivity index (χ4v) is 2.36. The first-order valence-corrected chi connectivity index (χ1v) is 6.89. The van der Waals surface area contributed by atoms with E-state index in [-0.39, 0.29) is 22.3 Å². The summed E-state index contributed by atoms with van der Waals surface area (Å²) in [6.45, 7) is 1.95. The zero-order chi connectivity index (χ0) is 15.1. The molecule has 0 atom stereocenters. The van der Waals surface area contributed by atoms with Crippen molar-refractivity contribution in [3.63, 3.8) is 0 Å². The molecule has 0 unspecified atom stereocenters. The molecule has 0 aliphatic carbocycles. The highest BCUT2D eigenvalue weighted by Crippen LogP contribution is 2.24. The van der Waals surface area contributed by atoms with E-state index < -0.39 is 5.97 Å². The number of unbranched alkanes of at least 4 members (excludes halogenated alkanes) is 1. The molecule has 8 heteroatoms. The van der Waals surface area contributed by atoms with Gasteiger partial charge < -0.3 is 15.8 Å². The molecule has 1 amide bonds. The van der Waals surface area contributed by atoms with Crippen LogP contribution in [0.2, 0.25) is 0 Å². The number of aromatic nitrogens is 1. The molecule has 1 aromatic rings. The summed E-state index contributed by atoms with van der Waals surface area (Å²) in [7, 11) is 1.24. The number of carbonyl (C=O) groups is 3. The van der Waals surface area contributed by atoms with Crippen LogP contribution in [-0.2, 0) is 9.53 Å². The number of anilines is 1. The molecule has 0 aliphatic rings. The first-order chi connectivity index (χ1) is 9.45. The number of ketones is 1. The molecule has 1 heterocycles. The van der Waals surface area contributed by atoms with E-state index in [0.717, 1.165) is 17.8 Å². The number of amides is 1. The second-order valence-electron chi connectivity index (χ2n) is 4.09. The normalized spacial score (nSPS) is 10.1. The number of hydrogen-bond acceptors (Lipinski definition) is 7. The van der Waals surface area contributed by atoms with Crippen LogP contribution < -0.4 is 11.1 Å². The van der Waals surface area contributed by atoms with Gasteiger partial charge in [-0.15, -0.1) is 0 Å². The summed E-state index contributed by atoms with van der Waals surface area (Å²) >= 11 is 1.11. The summed E-state index contributed by atoms with van der Waals surface area (Å²) in [4.78, 5) is 37.8. The van der Waals surface area contributed by atoms with Crippen molar-refractivity contribution in [2.75, 3.05) is 19.0 Å². The molecular formula is C12H17N3O4S. The number of nitrogens with two attached hydrogens (primary N) is 1. The summed E-state index contributed by atoms with van der Waals surface area (Å²) in [5, 5.41) is 3.49. The van der Waals surface area contributed by atoms with E-state index in [4.69, 9.17) is 5.73 Å². The van der Waals surface area contributed by atoms with E-state index in [0.29, 0.717) is 24.5 Å². The molecule has 110 valence electrons. The maximum absolute atomic E-state index is 11.5. The third-order valence-corrected chi connectivity index (χ3v) is 3.57. The standard InChI is InChI=1S/C12H17N3O4S/c1-7(16)10-9(11(18)19-2)15-12(20-10)14-6-4-3-5-8(13)17/h3-6H2,1-2H3,(H2,13,17)(H,14,15). The number of Topliss-reactive ketones (excluding diaryl/α,β-unsaturated/α-hetero) is 1. The summed E-state index contributed by atoms with van der Waals surface area (Å²) in [6.07, 6.45) is 1.76. The Kier molecular flexibility index (Phi) is 6.10. The minimum Gasteiger partial charge on any atom is -0.464 e. The zero-order valence-corrected chi connectivity index (χ0v) is 12.2. The summed E-state index contributed by atoms with van der Waals surface area (Å²) in [6, 6.07) is 0. The topological polar surface area (TPSA) is 111 Å². The number of ether oxygens (including phenoxy) is 1.